The number of carbonyl (C=O) groups excluding carboxylic acids is 1. The zero-order chi connectivity index (χ0) is 15.4. The molecule has 1 saturated heterocycles. The first kappa shape index (κ1) is 14.9. The molecule has 2 heterocycles. The van der Waals surface area contributed by atoms with Gasteiger partial charge in [-0.2, -0.15) is 5.10 Å². The number of nitro groups is 1. The molecule has 114 valence electrons. The molecular weight excluding hydrogens is 284 g/mol. The number of hydrogen-bond acceptors (Lipinski definition) is 6. The highest BCUT2D eigenvalue weighted by atomic mass is 16.6. The zero-order valence-corrected chi connectivity index (χ0v) is 11.0. The van der Waals surface area contributed by atoms with E-state index in [9.17, 15) is 19.7 Å². The third-order valence-electron chi connectivity index (χ3n) is 3.12. The van der Waals surface area contributed by atoms with Crippen molar-refractivity contribution in [2.75, 3.05) is 19.8 Å². The van der Waals surface area contributed by atoms with Gasteiger partial charge in [-0.25, -0.2) is 4.79 Å². The lowest BCUT2D eigenvalue weighted by Gasteiger charge is -2.32. The minimum atomic E-state index is -1.11. The lowest BCUT2D eigenvalue weighted by Crippen LogP contribution is -2.52. The number of carboxylic acids is 1. The van der Waals surface area contributed by atoms with Crippen molar-refractivity contribution in [2.24, 2.45) is 0 Å². The summed E-state index contributed by atoms with van der Waals surface area (Å²) < 4.78 is 6.33. The molecule has 1 amide bonds. The molecule has 1 unspecified atom stereocenters. The minimum Gasteiger partial charge on any atom is -0.480 e. The monoisotopic (exact) mass is 298 g/mol. The number of aliphatic carboxylic acids is 1. The standard InChI is InChI=1S/C11H14N4O6/c16-10(14-3-4-21-7-9(14)11(17)18)1-2-13-6-8(5-12-13)15(19)20/h5-6,9H,1-4,7H2,(H,17,18). The molecule has 0 radical (unpaired) electrons. The Balaban J connectivity index is 1.93. The summed E-state index contributed by atoms with van der Waals surface area (Å²) in [4.78, 5) is 34.3. The van der Waals surface area contributed by atoms with Crippen molar-refractivity contribution in [1.29, 1.82) is 0 Å². The lowest BCUT2D eigenvalue weighted by molar-refractivity contribution is -0.385. The predicted molar refractivity (Wildman–Crippen MR) is 67.5 cm³/mol. The number of rotatable bonds is 5. The molecule has 1 N–H and O–H groups in total. The third-order valence-corrected chi connectivity index (χ3v) is 3.12. The predicted octanol–water partition coefficient (Wildman–Crippen LogP) is -0.507. The van der Waals surface area contributed by atoms with E-state index in [2.05, 4.69) is 5.10 Å². The number of morpholine rings is 1. The topological polar surface area (TPSA) is 128 Å². The summed E-state index contributed by atoms with van der Waals surface area (Å²) in [6.07, 6.45) is 2.34. The number of ether oxygens (including phenoxy) is 1. The van der Waals surface area contributed by atoms with Crippen LogP contribution in [0.3, 0.4) is 0 Å². The Kier molecular flexibility index (Phi) is 4.48. The molecule has 0 spiro atoms. The molecule has 10 heteroatoms. The van der Waals surface area contributed by atoms with Crippen molar-refractivity contribution in [2.45, 2.75) is 19.0 Å². The van der Waals surface area contributed by atoms with E-state index in [4.69, 9.17) is 9.84 Å². The van der Waals surface area contributed by atoms with Gasteiger partial charge in [0.1, 0.15) is 12.4 Å². The Bertz CT molecular complexity index is 557. The highest BCUT2D eigenvalue weighted by Gasteiger charge is 2.32. The van der Waals surface area contributed by atoms with Crippen LogP contribution in [0.25, 0.3) is 0 Å². The van der Waals surface area contributed by atoms with Crippen LogP contribution in [0.15, 0.2) is 12.4 Å². The first-order chi connectivity index (χ1) is 9.99. The maximum Gasteiger partial charge on any atom is 0.328 e. The van der Waals surface area contributed by atoms with E-state index >= 15 is 0 Å². The van der Waals surface area contributed by atoms with Crippen LogP contribution < -0.4 is 0 Å². The maximum atomic E-state index is 12.1. The summed E-state index contributed by atoms with van der Waals surface area (Å²) in [7, 11) is 0. The molecule has 1 aromatic heterocycles. The van der Waals surface area contributed by atoms with Gasteiger partial charge >= 0.3 is 11.7 Å². The lowest BCUT2D eigenvalue weighted by atomic mass is 10.2. The second kappa shape index (κ2) is 6.31. The average molecular weight is 298 g/mol. The van der Waals surface area contributed by atoms with E-state index in [0.29, 0.717) is 6.61 Å². The van der Waals surface area contributed by atoms with Gasteiger partial charge in [-0.3, -0.25) is 19.6 Å². The molecule has 1 aromatic rings. The number of hydrogen-bond donors (Lipinski definition) is 1. The van der Waals surface area contributed by atoms with E-state index in [1.807, 2.05) is 0 Å². The molecule has 0 aromatic carbocycles. The number of amides is 1. The summed E-state index contributed by atoms with van der Waals surface area (Å²) >= 11 is 0. The number of aromatic nitrogens is 2. The second-order valence-corrected chi connectivity index (χ2v) is 4.48. The Morgan fingerprint density at radius 1 is 1.57 bits per heavy atom. The number of carboxylic acid groups (broad SMARTS) is 1. The van der Waals surface area contributed by atoms with Crippen LogP contribution >= 0.6 is 0 Å². The van der Waals surface area contributed by atoms with Crippen molar-refractivity contribution in [3.8, 4) is 0 Å². The largest absolute Gasteiger partial charge is 0.480 e. The second-order valence-electron chi connectivity index (χ2n) is 4.48. The Morgan fingerprint density at radius 3 is 2.95 bits per heavy atom. The molecule has 1 aliphatic rings. The SMILES string of the molecule is O=C(O)C1COCCN1C(=O)CCn1cc([N+](=O)[O-])cn1. The van der Waals surface area contributed by atoms with Crippen LogP contribution in [0.4, 0.5) is 5.69 Å². The summed E-state index contributed by atoms with van der Waals surface area (Å²) in [6.45, 7) is 0.627. The molecular formula is C11H14N4O6. The molecule has 1 fully saturated rings. The summed E-state index contributed by atoms with van der Waals surface area (Å²) in [6, 6.07) is -0.988. The number of aryl methyl sites for hydroxylation is 1. The van der Waals surface area contributed by atoms with Crippen LogP contribution in [0.5, 0.6) is 0 Å². The third kappa shape index (κ3) is 3.54. The molecule has 0 saturated carbocycles. The summed E-state index contributed by atoms with van der Waals surface area (Å²) in [5.41, 5.74) is -0.155. The van der Waals surface area contributed by atoms with Gasteiger partial charge in [-0.15, -0.1) is 0 Å². The van der Waals surface area contributed by atoms with Crippen LogP contribution in [0.1, 0.15) is 6.42 Å². The Morgan fingerprint density at radius 2 is 2.33 bits per heavy atom. The molecule has 1 aliphatic heterocycles. The fourth-order valence-electron chi connectivity index (χ4n) is 2.03. The number of carbonyl (C=O) groups is 2. The van der Waals surface area contributed by atoms with E-state index < -0.39 is 16.9 Å². The smallest absolute Gasteiger partial charge is 0.328 e. The summed E-state index contributed by atoms with van der Waals surface area (Å²) in [5.74, 6) is -1.46. The minimum absolute atomic E-state index is 0.0165. The summed E-state index contributed by atoms with van der Waals surface area (Å²) in [5, 5.41) is 23.3. The molecule has 21 heavy (non-hydrogen) atoms. The highest BCUT2D eigenvalue weighted by Crippen LogP contribution is 2.11. The molecule has 1 atom stereocenters. The van der Waals surface area contributed by atoms with E-state index in [-0.39, 0.29) is 37.7 Å². The van der Waals surface area contributed by atoms with Crippen molar-refractivity contribution < 1.29 is 24.4 Å². The zero-order valence-electron chi connectivity index (χ0n) is 11.0. The van der Waals surface area contributed by atoms with Gasteiger partial charge in [0.25, 0.3) is 0 Å². The van der Waals surface area contributed by atoms with Gasteiger partial charge in [0, 0.05) is 19.5 Å². The van der Waals surface area contributed by atoms with E-state index in [1.54, 1.807) is 0 Å². The van der Waals surface area contributed by atoms with Gasteiger partial charge in [-0.1, -0.05) is 0 Å². The van der Waals surface area contributed by atoms with Crippen LogP contribution in [0.2, 0.25) is 0 Å². The molecule has 0 aliphatic carbocycles. The van der Waals surface area contributed by atoms with Gasteiger partial charge in [-0.05, 0) is 0 Å². The Hall–Kier alpha value is -2.49. The van der Waals surface area contributed by atoms with Gasteiger partial charge in [0.05, 0.1) is 18.1 Å². The average Bonchev–Trinajstić information content (AvgIpc) is 2.94. The van der Waals surface area contributed by atoms with Gasteiger partial charge in [0.2, 0.25) is 5.91 Å². The van der Waals surface area contributed by atoms with Crippen molar-refractivity contribution >= 4 is 17.6 Å². The van der Waals surface area contributed by atoms with Gasteiger partial charge < -0.3 is 14.7 Å². The first-order valence-corrected chi connectivity index (χ1v) is 6.26. The van der Waals surface area contributed by atoms with Gasteiger partial charge in [0.15, 0.2) is 6.04 Å². The first-order valence-electron chi connectivity index (χ1n) is 6.26. The van der Waals surface area contributed by atoms with Crippen molar-refractivity contribution in [3.63, 3.8) is 0 Å². The molecule has 2 rings (SSSR count). The van der Waals surface area contributed by atoms with Crippen molar-refractivity contribution in [3.05, 3.63) is 22.5 Å². The van der Waals surface area contributed by atoms with E-state index in [1.165, 1.54) is 15.8 Å². The molecule has 10 nitrogen and oxygen atoms in total. The van der Waals surface area contributed by atoms with Crippen LogP contribution in [0, 0.1) is 10.1 Å². The van der Waals surface area contributed by atoms with E-state index in [0.717, 1.165) is 6.20 Å². The molecule has 0 bridgehead atoms. The highest BCUT2D eigenvalue weighted by molar-refractivity contribution is 5.83. The van der Waals surface area contributed by atoms with Crippen molar-refractivity contribution in [1.82, 2.24) is 14.7 Å². The Labute approximate surface area is 119 Å². The normalized spacial score (nSPS) is 18.5. The fourth-order valence-corrected chi connectivity index (χ4v) is 2.03. The quantitative estimate of drug-likeness (QED) is 0.572. The van der Waals surface area contributed by atoms with Crippen LogP contribution in [-0.2, 0) is 20.9 Å². The number of nitrogens with zero attached hydrogens (tertiary/aromatic N) is 4. The van der Waals surface area contributed by atoms with Crippen LogP contribution in [-0.4, -0.2) is 62.4 Å². The fraction of sp³-hybridized carbons (Fsp3) is 0.545. The maximum absolute atomic E-state index is 12.1.